The number of ether oxygens (including phenoxy) is 1. The van der Waals surface area contributed by atoms with Crippen molar-refractivity contribution in [3.8, 4) is 11.8 Å². The molecule has 0 aliphatic carbocycles. The molecule has 100 valence electrons. The van der Waals surface area contributed by atoms with E-state index in [4.69, 9.17) is 10.5 Å². The van der Waals surface area contributed by atoms with Crippen LogP contribution in [-0.2, 0) is 6.61 Å². The molecule has 0 saturated heterocycles. The maximum Gasteiger partial charge on any atom is 0.253 e. The van der Waals surface area contributed by atoms with E-state index in [9.17, 15) is 0 Å². The van der Waals surface area contributed by atoms with Gasteiger partial charge in [-0.2, -0.15) is 10.1 Å². The molecule has 3 rings (SSSR count). The van der Waals surface area contributed by atoms with Gasteiger partial charge < -0.3 is 10.5 Å². The van der Waals surface area contributed by atoms with Gasteiger partial charge in [-0.25, -0.2) is 9.67 Å². The van der Waals surface area contributed by atoms with Gasteiger partial charge >= 0.3 is 0 Å². The second-order valence-electron chi connectivity index (χ2n) is 4.16. The molecule has 0 spiro atoms. The van der Waals surface area contributed by atoms with E-state index in [1.807, 2.05) is 30.3 Å². The minimum atomic E-state index is 0.356. The molecular formula is C14H13N5O. The van der Waals surface area contributed by atoms with E-state index in [-0.39, 0.29) is 0 Å². The Kier molecular flexibility index (Phi) is 3.28. The van der Waals surface area contributed by atoms with Crippen LogP contribution >= 0.6 is 0 Å². The Balaban J connectivity index is 1.80. The molecule has 6 nitrogen and oxygen atoms in total. The van der Waals surface area contributed by atoms with Crippen LogP contribution in [0.5, 0.6) is 5.88 Å². The van der Waals surface area contributed by atoms with Gasteiger partial charge in [-0.3, -0.25) is 0 Å². The third kappa shape index (κ3) is 2.59. The molecule has 0 saturated carbocycles. The third-order valence-corrected chi connectivity index (χ3v) is 2.70. The first kappa shape index (κ1) is 12.2. The van der Waals surface area contributed by atoms with Gasteiger partial charge in [-0.15, -0.1) is 0 Å². The van der Waals surface area contributed by atoms with Crippen LogP contribution in [0.4, 0.5) is 5.69 Å². The summed E-state index contributed by atoms with van der Waals surface area (Å²) in [6.07, 6.45) is 4.93. The first-order chi connectivity index (χ1) is 9.83. The van der Waals surface area contributed by atoms with Crippen molar-refractivity contribution >= 4 is 5.69 Å². The summed E-state index contributed by atoms with van der Waals surface area (Å²) in [7, 11) is 0. The van der Waals surface area contributed by atoms with E-state index < -0.39 is 0 Å². The Bertz CT molecular complexity index is 682. The lowest BCUT2D eigenvalue weighted by Gasteiger charge is -2.09. The number of aromatic nitrogens is 4. The maximum atomic E-state index is 5.83. The van der Waals surface area contributed by atoms with Crippen molar-refractivity contribution in [1.82, 2.24) is 19.7 Å². The van der Waals surface area contributed by atoms with Crippen LogP contribution in [0.3, 0.4) is 0 Å². The zero-order chi connectivity index (χ0) is 13.8. The molecule has 2 N–H and O–H groups in total. The number of rotatable bonds is 4. The van der Waals surface area contributed by atoms with Gasteiger partial charge in [-0.05, 0) is 11.6 Å². The van der Waals surface area contributed by atoms with E-state index in [0.29, 0.717) is 24.1 Å². The molecule has 2 aromatic heterocycles. The van der Waals surface area contributed by atoms with E-state index in [0.717, 1.165) is 5.56 Å². The Morgan fingerprint density at radius 1 is 1.15 bits per heavy atom. The van der Waals surface area contributed by atoms with Gasteiger partial charge in [0, 0.05) is 12.4 Å². The van der Waals surface area contributed by atoms with Crippen LogP contribution in [0, 0.1) is 0 Å². The van der Waals surface area contributed by atoms with Gasteiger partial charge in [0.05, 0.1) is 6.20 Å². The first-order valence-electron chi connectivity index (χ1n) is 6.12. The molecule has 20 heavy (non-hydrogen) atoms. The monoisotopic (exact) mass is 267 g/mol. The average molecular weight is 267 g/mol. The summed E-state index contributed by atoms with van der Waals surface area (Å²) in [6, 6.07) is 11.6. The van der Waals surface area contributed by atoms with Crippen molar-refractivity contribution in [3.05, 3.63) is 60.6 Å². The third-order valence-electron chi connectivity index (χ3n) is 2.70. The lowest BCUT2D eigenvalue weighted by atomic mass is 10.2. The van der Waals surface area contributed by atoms with Crippen molar-refractivity contribution in [2.45, 2.75) is 6.61 Å². The van der Waals surface area contributed by atoms with Crippen molar-refractivity contribution in [1.29, 1.82) is 0 Å². The summed E-state index contributed by atoms with van der Waals surface area (Å²) in [5.41, 5.74) is 7.27. The second kappa shape index (κ2) is 5.40. The molecule has 0 aliphatic heterocycles. The van der Waals surface area contributed by atoms with E-state index in [2.05, 4.69) is 15.1 Å². The van der Waals surface area contributed by atoms with Crippen molar-refractivity contribution in [3.63, 3.8) is 0 Å². The predicted molar refractivity (Wildman–Crippen MR) is 74.3 cm³/mol. The first-order valence-corrected chi connectivity index (χ1v) is 6.12. The van der Waals surface area contributed by atoms with E-state index in [1.165, 1.54) is 6.20 Å². The molecule has 3 aromatic rings. The van der Waals surface area contributed by atoms with Crippen molar-refractivity contribution < 1.29 is 4.74 Å². The number of benzene rings is 1. The highest BCUT2D eigenvalue weighted by atomic mass is 16.5. The number of anilines is 1. The molecule has 1 aromatic carbocycles. The highest BCUT2D eigenvalue weighted by Crippen LogP contribution is 2.19. The van der Waals surface area contributed by atoms with Gasteiger partial charge in [0.25, 0.3) is 5.95 Å². The molecule has 0 fully saturated rings. The minimum Gasteiger partial charge on any atom is -0.471 e. The number of nitrogens with two attached hydrogens (primary N) is 1. The normalized spacial score (nSPS) is 10.4. The Hall–Kier alpha value is -2.89. The summed E-state index contributed by atoms with van der Waals surface area (Å²) >= 11 is 0. The van der Waals surface area contributed by atoms with Gasteiger partial charge in [-0.1, -0.05) is 30.3 Å². The quantitative estimate of drug-likeness (QED) is 0.780. The Labute approximate surface area is 115 Å². The van der Waals surface area contributed by atoms with Crippen molar-refractivity contribution in [2.75, 3.05) is 5.73 Å². The molecule has 2 heterocycles. The zero-order valence-electron chi connectivity index (χ0n) is 10.7. The Morgan fingerprint density at radius 2 is 2.00 bits per heavy atom. The van der Waals surface area contributed by atoms with Crippen LogP contribution < -0.4 is 10.5 Å². The topological polar surface area (TPSA) is 78.9 Å². The maximum absolute atomic E-state index is 5.83. The summed E-state index contributed by atoms with van der Waals surface area (Å²) in [5.74, 6) is 0.779. The fraction of sp³-hybridized carbons (Fsp3) is 0.0714. The van der Waals surface area contributed by atoms with Crippen LogP contribution in [0.25, 0.3) is 5.95 Å². The zero-order valence-corrected chi connectivity index (χ0v) is 10.7. The SMILES string of the molecule is Nc1cnc(-n2cccn2)nc1OCc1ccccc1. The molecule has 0 aliphatic rings. The van der Waals surface area contributed by atoms with Gasteiger partial charge in [0.15, 0.2) is 0 Å². The lowest BCUT2D eigenvalue weighted by molar-refractivity contribution is 0.294. The smallest absolute Gasteiger partial charge is 0.253 e. The second-order valence-corrected chi connectivity index (χ2v) is 4.16. The van der Waals surface area contributed by atoms with Crippen LogP contribution in [0.1, 0.15) is 5.56 Å². The summed E-state index contributed by atoms with van der Waals surface area (Å²) in [6.45, 7) is 0.403. The highest BCUT2D eigenvalue weighted by Gasteiger charge is 2.07. The predicted octanol–water partition coefficient (Wildman–Crippen LogP) is 1.82. The fourth-order valence-electron chi connectivity index (χ4n) is 1.71. The molecular weight excluding hydrogens is 254 g/mol. The average Bonchev–Trinajstić information content (AvgIpc) is 3.02. The molecule has 0 amide bonds. The highest BCUT2D eigenvalue weighted by molar-refractivity contribution is 5.47. The summed E-state index contributed by atoms with van der Waals surface area (Å²) in [4.78, 5) is 8.39. The molecule has 0 bridgehead atoms. The van der Waals surface area contributed by atoms with Crippen molar-refractivity contribution in [2.24, 2.45) is 0 Å². The molecule has 0 atom stereocenters. The fourth-order valence-corrected chi connectivity index (χ4v) is 1.71. The van der Waals surface area contributed by atoms with Crippen LogP contribution in [0.2, 0.25) is 0 Å². The number of hydrogen-bond acceptors (Lipinski definition) is 5. The number of nitrogens with zero attached hydrogens (tertiary/aromatic N) is 4. The molecule has 6 heteroatoms. The summed E-state index contributed by atoms with van der Waals surface area (Å²) in [5, 5.41) is 4.07. The molecule has 0 radical (unpaired) electrons. The standard InChI is InChI=1S/C14H13N5O/c15-12-9-16-14(19-8-4-7-17-19)18-13(12)20-10-11-5-2-1-3-6-11/h1-9H,10,15H2. The largest absolute Gasteiger partial charge is 0.471 e. The minimum absolute atomic E-state index is 0.356. The lowest BCUT2D eigenvalue weighted by Crippen LogP contribution is -2.07. The van der Waals surface area contributed by atoms with E-state index in [1.54, 1.807) is 23.1 Å². The van der Waals surface area contributed by atoms with Crippen LogP contribution in [0.15, 0.2) is 55.0 Å². The van der Waals surface area contributed by atoms with Crippen LogP contribution in [-0.4, -0.2) is 19.7 Å². The van der Waals surface area contributed by atoms with Gasteiger partial charge in [0.1, 0.15) is 12.3 Å². The Morgan fingerprint density at radius 3 is 2.75 bits per heavy atom. The number of nitrogen functional groups attached to an aromatic ring is 1. The van der Waals surface area contributed by atoms with Gasteiger partial charge in [0.2, 0.25) is 5.88 Å². The summed E-state index contributed by atoms with van der Waals surface area (Å²) < 4.78 is 7.19. The number of hydrogen-bond donors (Lipinski definition) is 1. The molecule has 0 unspecified atom stereocenters. The van der Waals surface area contributed by atoms with E-state index >= 15 is 0 Å².